The van der Waals surface area contributed by atoms with E-state index in [9.17, 15) is 38.8 Å². The summed E-state index contributed by atoms with van der Waals surface area (Å²) in [6.45, 7) is 15.0. The number of Topliss-reactive ketones (excluding diaryl/α,β-unsaturated/α-hetero) is 1. The highest BCUT2D eigenvalue weighted by atomic mass is 16.5. The van der Waals surface area contributed by atoms with E-state index in [4.69, 9.17) is 4.74 Å². The zero-order valence-electron chi connectivity index (χ0n) is 38.0. The molecule has 1 saturated heterocycles. The van der Waals surface area contributed by atoms with Crippen LogP contribution in [0.4, 0.5) is 0 Å². The molecule has 8 atom stereocenters. The maximum absolute atomic E-state index is 14.6. The fourth-order valence-electron chi connectivity index (χ4n) is 7.69. The largest absolute Gasteiger partial charge is 0.451 e. The third kappa shape index (κ3) is 15.3. The minimum atomic E-state index is -1.46. The maximum Gasteiger partial charge on any atom is 0.329 e. The van der Waals surface area contributed by atoms with Crippen molar-refractivity contribution in [2.75, 3.05) is 21.1 Å². The number of nitrogens with zero attached hydrogens (tertiary/aromatic N) is 4. The number of benzene rings is 1. The second-order valence-corrected chi connectivity index (χ2v) is 17.5. The van der Waals surface area contributed by atoms with E-state index in [1.165, 1.54) is 37.9 Å². The molecule has 1 heterocycles. The molecule has 0 aromatic heterocycles. The van der Waals surface area contributed by atoms with Gasteiger partial charge in [0.1, 0.15) is 24.2 Å². The molecule has 5 amide bonds. The van der Waals surface area contributed by atoms with Crippen molar-refractivity contribution < 1.29 is 38.3 Å². The van der Waals surface area contributed by atoms with Crippen molar-refractivity contribution in [2.24, 2.45) is 23.7 Å². The van der Waals surface area contributed by atoms with Crippen LogP contribution in [0.2, 0.25) is 0 Å². The van der Waals surface area contributed by atoms with Crippen LogP contribution in [0.3, 0.4) is 0 Å². The Morgan fingerprint density at radius 2 is 1.35 bits per heavy atom. The normalized spacial score (nSPS) is 25.4. The van der Waals surface area contributed by atoms with Gasteiger partial charge in [-0.05, 0) is 55.9 Å². The summed E-state index contributed by atoms with van der Waals surface area (Å²) in [4.78, 5) is 104. The first-order valence-electron chi connectivity index (χ1n) is 21.8. The smallest absolute Gasteiger partial charge is 0.329 e. The maximum atomic E-state index is 14.6. The number of carbonyl (C=O) groups excluding carboxylic acids is 7. The van der Waals surface area contributed by atoms with E-state index in [0.29, 0.717) is 12.8 Å². The second kappa shape index (κ2) is 25.1. The van der Waals surface area contributed by atoms with Gasteiger partial charge in [-0.1, -0.05) is 98.1 Å². The number of ether oxygens (including phenoxy) is 1. The van der Waals surface area contributed by atoms with Crippen molar-refractivity contribution in [1.82, 2.24) is 25.3 Å². The minimum Gasteiger partial charge on any atom is -0.451 e. The highest BCUT2D eigenvalue weighted by molar-refractivity contribution is 5.97. The number of hydrogen-bond donors (Lipinski definition) is 2. The van der Waals surface area contributed by atoms with E-state index >= 15 is 0 Å². The highest BCUT2D eigenvalue weighted by Crippen LogP contribution is 2.26. The molecule has 1 aromatic carbocycles. The van der Waals surface area contributed by atoms with E-state index in [1.54, 1.807) is 6.92 Å². The van der Waals surface area contributed by atoms with Crippen LogP contribution in [0, 0.1) is 35.0 Å². The monoisotopic (exact) mass is 837 g/mol. The predicted molar refractivity (Wildman–Crippen MR) is 230 cm³/mol. The standard InChI is InChI=1S/C46H72N6O8/c1-12-14-19-31(7)26-36-45(58)51(10)37(25-30(5)6)39(53)28-34(24-29(3)4)43(56)52(11)38(27-33-20-16-15-17-21-33)41(54)48-35(13-2)44(57)50(9)32(8)46(59)60-40(22-18-23-47)42(55)49-36/h15-17,20-21,29-32,34-38,40H,12-14,18-19,22,24-28H2,1-11H3,(H,48,54)(H,49,55)/t31-,32+,34-,35?,36+,37+,38+,40-/m1/s1. The molecular formula is C46H72N6O8. The zero-order chi connectivity index (χ0) is 45.3. The summed E-state index contributed by atoms with van der Waals surface area (Å²) in [5.74, 6) is -4.97. The molecule has 60 heavy (non-hydrogen) atoms. The van der Waals surface area contributed by atoms with Crippen LogP contribution in [-0.2, 0) is 44.7 Å². The number of ketones is 1. The number of likely N-dealkylation sites (N-methyl/N-ethyl adjacent to an activating group) is 3. The summed E-state index contributed by atoms with van der Waals surface area (Å²) in [6, 6.07) is 5.75. The molecule has 334 valence electrons. The van der Waals surface area contributed by atoms with Crippen LogP contribution in [0.15, 0.2) is 30.3 Å². The molecule has 1 unspecified atom stereocenters. The first kappa shape index (κ1) is 51.3. The van der Waals surface area contributed by atoms with Crippen molar-refractivity contribution >= 4 is 41.3 Å². The average molecular weight is 837 g/mol. The lowest BCUT2D eigenvalue weighted by molar-refractivity contribution is -0.163. The zero-order valence-corrected chi connectivity index (χ0v) is 38.0. The Balaban J connectivity index is 2.82. The Kier molecular flexibility index (Phi) is 21.5. The Labute approximate surface area is 358 Å². The van der Waals surface area contributed by atoms with Gasteiger partial charge in [0, 0.05) is 52.7 Å². The van der Waals surface area contributed by atoms with Crippen molar-refractivity contribution in [3.05, 3.63) is 35.9 Å². The predicted octanol–water partition coefficient (Wildman–Crippen LogP) is 5.22. The highest BCUT2D eigenvalue weighted by Gasteiger charge is 2.40. The number of rotatable bonds is 14. The number of amides is 5. The average Bonchev–Trinajstić information content (AvgIpc) is 3.21. The Morgan fingerprint density at radius 3 is 1.92 bits per heavy atom. The molecule has 14 heteroatoms. The minimum absolute atomic E-state index is 0.00154. The number of carbonyl (C=O) groups is 7. The number of nitrogens with one attached hydrogen (secondary N) is 2. The van der Waals surface area contributed by atoms with Gasteiger partial charge < -0.3 is 30.1 Å². The molecule has 0 bridgehead atoms. The lowest BCUT2D eigenvalue weighted by atomic mass is 9.86. The van der Waals surface area contributed by atoms with Gasteiger partial charge >= 0.3 is 5.97 Å². The van der Waals surface area contributed by atoms with Gasteiger partial charge in [0.25, 0.3) is 5.91 Å². The number of hydrogen-bond acceptors (Lipinski definition) is 9. The number of esters is 1. The third-order valence-corrected chi connectivity index (χ3v) is 11.5. The van der Waals surface area contributed by atoms with Crippen LogP contribution in [0.1, 0.15) is 125 Å². The molecule has 0 spiro atoms. The van der Waals surface area contributed by atoms with Crippen molar-refractivity contribution in [3.63, 3.8) is 0 Å². The molecule has 0 radical (unpaired) electrons. The molecule has 0 aliphatic carbocycles. The molecule has 1 aliphatic heterocycles. The van der Waals surface area contributed by atoms with Gasteiger partial charge in [-0.15, -0.1) is 0 Å². The van der Waals surface area contributed by atoms with Crippen molar-refractivity contribution in [1.29, 1.82) is 5.26 Å². The van der Waals surface area contributed by atoms with E-state index in [0.717, 1.165) is 29.7 Å². The summed E-state index contributed by atoms with van der Waals surface area (Å²) in [7, 11) is 4.46. The number of unbranched alkanes of at least 4 members (excludes halogenated alkanes) is 1. The summed E-state index contributed by atoms with van der Waals surface area (Å²) < 4.78 is 5.70. The van der Waals surface area contributed by atoms with E-state index in [1.807, 2.05) is 71.0 Å². The van der Waals surface area contributed by atoms with Crippen LogP contribution in [-0.4, -0.2) is 113 Å². The van der Waals surface area contributed by atoms with Crippen molar-refractivity contribution in [2.45, 2.75) is 162 Å². The number of nitriles is 1. The van der Waals surface area contributed by atoms with Gasteiger partial charge in [0.05, 0.1) is 12.1 Å². The molecule has 14 nitrogen and oxygen atoms in total. The van der Waals surface area contributed by atoms with Gasteiger partial charge in [0.2, 0.25) is 23.6 Å². The SMILES string of the molecule is CCCC[C@@H](C)C[C@@H]1NC(=O)[C@@H](CCC#N)OC(=O)[C@H](C)N(C)C(=O)C(CC)NC(=O)[C@H](Cc2ccccc2)N(C)C(=O)[C@H](CC(C)C)CC(=O)[C@H](CC(C)C)N(C)C1=O. The first-order chi connectivity index (χ1) is 28.3. The lowest BCUT2D eigenvalue weighted by Gasteiger charge is -2.35. The molecular weight excluding hydrogens is 765 g/mol. The number of cyclic esters (lactones) is 1. The van der Waals surface area contributed by atoms with Gasteiger partial charge in [-0.2, -0.15) is 5.26 Å². The molecule has 1 aromatic rings. The lowest BCUT2D eigenvalue weighted by Crippen LogP contribution is -2.57. The quantitative estimate of drug-likeness (QED) is 0.237. The van der Waals surface area contributed by atoms with Gasteiger partial charge in [-0.3, -0.25) is 28.8 Å². The Hall–Kier alpha value is -4.80. The molecule has 0 saturated carbocycles. The fourth-order valence-corrected chi connectivity index (χ4v) is 7.69. The molecule has 2 N–H and O–H groups in total. The van der Waals surface area contributed by atoms with Crippen molar-refractivity contribution in [3.8, 4) is 6.07 Å². The van der Waals surface area contributed by atoms with E-state index in [-0.39, 0.29) is 62.1 Å². The van der Waals surface area contributed by atoms with Crippen LogP contribution < -0.4 is 10.6 Å². The van der Waals surface area contributed by atoms with Crippen LogP contribution in [0.25, 0.3) is 0 Å². The second-order valence-electron chi connectivity index (χ2n) is 17.5. The summed E-state index contributed by atoms with van der Waals surface area (Å²) in [5, 5.41) is 15.1. The Morgan fingerprint density at radius 1 is 0.767 bits per heavy atom. The van der Waals surface area contributed by atoms with Gasteiger partial charge in [-0.25, -0.2) is 4.79 Å². The van der Waals surface area contributed by atoms with Gasteiger partial charge in [0.15, 0.2) is 11.9 Å². The van der Waals surface area contributed by atoms with Crippen LogP contribution in [0.5, 0.6) is 0 Å². The fraction of sp³-hybridized carbons (Fsp3) is 0.696. The molecule has 1 fully saturated rings. The summed E-state index contributed by atoms with van der Waals surface area (Å²) >= 11 is 0. The van der Waals surface area contributed by atoms with E-state index in [2.05, 4.69) is 17.6 Å². The van der Waals surface area contributed by atoms with E-state index < -0.39 is 77.7 Å². The summed E-state index contributed by atoms with van der Waals surface area (Å²) in [5.41, 5.74) is 0.775. The first-order valence-corrected chi connectivity index (χ1v) is 21.8. The van der Waals surface area contributed by atoms with Crippen LogP contribution >= 0.6 is 0 Å². The summed E-state index contributed by atoms with van der Waals surface area (Å²) in [6.07, 6.45) is 1.82. The Bertz CT molecular complexity index is 1640. The topological polar surface area (TPSA) is 186 Å². The molecule has 1 aliphatic rings. The molecule has 2 rings (SSSR count). The third-order valence-electron chi connectivity index (χ3n) is 11.5.